The Morgan fingerprint density at radius 3 is 3.06 bits per heavy atom. The molecule has 0 amide bonds. The van der Waals surface area contributed by atoms with Crippen LogP contribution in [-0.2, 0) is 6.42 Å². The third-order valence-corrected chi connectivity index (χ3v) is 2.83. The Labute approximate surface area is 106 Å². The van der Waals surface area contributed by atoms with E-state index < -0.39 is 0 Å². The molecule has 0 saturated heterocycles. The molecule has 5 nitrogen and oxygen atoms in total. The zero-order chi connectivity index (χ0) is 12.8. The van der Waals surface area contributed by atoms with E-state index in [1.54, 1.807) is 6.20 Å². The summed E-state index contributed by atoms with van der Waals surface area (Å²) in [5.41, 5.74) is 6.57. The summed E-state index contributed by atoms with van der Waals surface area (Å²) in [6.07, 6.45) is 6.17. The maximum atomic E-state index is 5.49. The number of hydrogen-bond donors (Lipinski definition) is 1. The topological polar surface area (TPSA) is 77.8 Å². The van der Waals surface area contributed by atoms with Crippen molar-refractivity contribution in [3.05, 3.63) is 41.8 Å². The summed E-state index contributed by atoms with van der Waals surface area (Å²) in [6, 6.07) is 3.90. The van der Waals surface area contributed by atoms with E-state index >= 15 is 0 Å². The fourth-order valence-electron chi connectivity index (χ4n) is 1.77. The number of pyridine rings is 1. The first-order valence-corrected chi connectivity index (χ1v) is 6.21. The lowest BCUT2D eigenvalue weighted by atomic mass is 10.1. The molecular weight excluding hydrogens is 228 g/mol. The highest BCUT2D eigenvalue weighted by atomic mass is 16.5. The highest BCUT2D eigenvalue weighted by molar-refractivity contribution is 5.13. The standard InChI is InChI=1S/C13H18N4O/c1-10(4-2-6-14)13-16-12(17-18-13)8-11-5-3-7-15-9-11/h3,5,7,9-10H,2,4,6,8,14H2,1H3. The van der Waals surface area contributed by atoms with Crippen LogP contribution in [0.2, 0.25) is 0 Å². The average molecular weight is 246 g/mol. The van der Waals surface area contributed by atoms with Crippen LogP contribution in [0.3, 0.4) is 0 Å². The van der Waals surface area contributed by atoms with Crippen molar-refractivity contribution in [2.45, 2.75) is 32.1 Å². The van der Waals surface area contributed by atoms with E-state index in [-0.39, 0.29) is 5.92 Å². The summed E-state index contributed by atoms with van der Waals surface area (Å²) in [6.45, 7) is 2.78. The van der Waals surface area contributed by atoms with E-state index in [4.69, 9.17) is 10.3 Å². The smallest absolute Gasteiger partial charge is 0.229 e. The fourth-order valence-corrected chi connectivity index (χ4v) is 1.77. The predicted molar refractivity (Wildman–Crippen MR) is 68.0 cm³/mol. The average Bonchev–Trinajstić information content (AvgIpc) is 2.86. The van der Waals surface area contributed by atoms with E-state index in [9.17, 15) is 0 Å². The Balaban J connectivity index is 1.98. The van der Waals surface area contributed by atoms with Gasteiger partial charge in [0.25, 0.3) is 0 Å². The molecule has 0 spiro atoms. The third kappa shape index (κ3) is 3.37. The van der Waals surface area contributed by atoms with E-state index in [0.717, 1.165) is 18.4 Å². The Morgan fingerprint density at radius 1 is 1.44 bits per heavy atom. The molecule has 5 heteroatoms. The van der Waals surface area contributed by atoms with Crippen LogP contribution in [0.15, 0.2) is 29.0 Å². The summed E-state index contributed by atoms with van der Waals surface area (Å²) >= 11 is 0. The fraction of sp³-hybridized carbons (Fsp3) is 0.462. The van der Waals surface area contributed by atoms with Crippen molar-refractivity contribution in [2.24, 2.45) is 5.73 Å². The lowest BCUT2D eigenvalue weighted by Gasteiger charge is -2.03. The largest absolute Gasteiger partial charge is 0.339 e. The van der Waals surface area contributed by atoms with Crippen molar-refractivity contribution in [1.29, 1.82) is 0 Å². The lowest BCUT2D eigenvalue weighted by Crippen LogP contribution is -2.02. The van der Waals surface area contributed by atoms with E-state index in [2.05, 4.69) is 22.0 Å². The van der Waals surface area contributed by atoms with Gasteiger partial charge >= 0.3 is 0 Å². The zero-order valence-corrected chi connectivity index (χ0v) is 10.5. The maximum absolute atomic E-state index is 5.49. The Morgan fingerprint density at radius 2 is 2.33 bits per heavy atom. The Kier molecular flexibility index (Phi) is 4.41. The Hall–Kier alpha value is -1.75. The highest BCUT2D eigenvalue weighted by Gasteiger charge is 2.13. The number of hydrogen-bond acceptors (Lipinski definition) is 5. The van der Waals surface area contributed by atoms with Crippen molar-refractivity contribution in [3.8, 4) is 0 Å². The van der Waals surface area contributed by atoms with Crippen molar-refractivity contribution in [3.63, 3.8) is 0 Å². The second kappa shape index (κ2) is 6.26. The first kappa shape index (κ1) is 12.7. The molecule has 0 saturated carbocycles. The van der Waals surface area contributed by atoms with Crippen LogP contribution in [0.25, 0.3) is 0 Å². The molecule has 0 fully saturated rings. The number of nitrogens with zero attached hydrogens (tertiary/aromatic N) is 3. The molecule has 96 valence electrons. The number of nitrogens with two attached hydrogens (primary N) is 1. The van der Waals surface area contributed by atoms with Crippen LogP contribution in [-0.4, -0.2) is 21.7 Å². The van der Waals surface area contributed by atoms with Crippen LogP contribution >= 0.6 is 0 Å². The minimum atomic E-state index is 0.267. The molecule has 2 rings (SSSR count). The molecule has 2 N–H and O–H groups in total. The molecule has 0 aliphatic rings. The molecule has 2 aromatic rings. The molecule has 0 bridgehead atoms. The second-order valence-corrected chi connectivity index (χ2v) is 4.42. The quantitative estimate of drug-likeness (QED) is 0.842. The van der Waals surface area contributed by atoms with Crippen LogP contribution < -0.4 is 5.73 Å². The molecule has 1 unspecified atom stereocenters. The van der Waals surface area contributed by atoms with E-state index in [1.807, 2.05) is 18.3 Å². The zero-order valence-electron chi connectivity index (χ0n) is 10.5. The lowest BCUT2D eigenvalue weighted by molar-refractivity contribution is 0.349. The Bertz CT molecular complexity index is 469. The van der Waals surface area contributed by atoms with Gasteiger partial charge in [-0.2, -0.15) is 4.98 Å². The van der Waals surface area contributed by atoms with Crippen LogP contribution in [0.1, 0.15) is 43.0 Å². The SMILES string of the molecule is CC(CCCN)c1nc(Cc2cccnc2)no1. The van der Waals surface area contributed by atoms with Crippen molar-refractivity contribution in [2.75, 3.05) is 6.54 Å². The minimum absolute atomic E-state index is 0.267. The van der Waals surface area contributed by atoms with Gasteiger partial charge in [-0.3, -0.25) is 4.98 Å². The van der Waals surface area contributed by atoms with Gasteiger partial charge in [-0.25, -0.2) is 0 Å². The van der Waals surface area contributed by atoms with E-state index in [0.29, 0.717) is 24.7 Å². The van der Waals surface area contributed by atoms with Crippen LogP contribution in [0.4, 0.5) is 0 Å². The summed E-state index contributed by atoms with van der Waals surface area (Å²) in [7, 11) is 0. The van der Waals surface area contributed by atoms with Gasteiger partial charge in [0.2, 0.25) is 5.89 Å². The molecular formula is C13H18N4O. The van der Waals surface area contributed by atoms with Crippen LogP contribution in [0.5, 0.6) is 0 Å². The third-order valence-electron chi connectivity index (χ3n) is 2.83. The molecule has 0 radical (unpaired) electrons. The van der Waals surface area contributed by atoms with Gasteiger partial charge in [-0.15, -0.1) is 0 Å². The first-order valence-electron chi connectivity index (χ1n) is 6.21. The van der Waals surface area contributed by atoms with E-state index in [1.165, 1.54) is 0 Å². The van der Waals surface area contributed by atoms with Gasteiger partial charge in [0, 0.05) is 24.7 Å². The van der Waals surface area contributed by atoms with Gasteiger partial charge < -0.3 is 10.3 Å². The van der Waals surface area contributed by atoms with Crippen molar-refractivity contribution in [1.82, 2.24) is 15.1 Å². The highest BCUT2D eigenvalue weighted by Crippen LogP contribution is 2.18. The number of aromatic nitrogens is 3. The van der Waals surface area contributed by atoms with Crippen LogP contribution in [0, 0.1) is 0 Å². The monoisotopic (exact) mass is 246 g/mol. The molecule has 0 aromatic carbocycles. The van der Waals surface area contributed by atoms with Gasteiger partial charge in [0.05, 0.1) is 0 Å². The van der Waals surface area contributed by atoms with Gasteiger partial charge in [0.1, 0.15) is 0 Å². The molecule has 0 aliphatic heterocycles. The summed E-state index contributed by atoms with van der Waals surface area (Å²) < 4.78 is 5.27. The summed E-state index contributed by atoms with van der Waals surface area (Å²) in [4.78, 5) is 8.48. The summed E-state index contributed by atoms with van der Waals surface area (Å²) in [5, 5.41) is 4.00. The molecule has 2 aromatic heterocycles. The maximum Gasteiger partial charge on any atom is 0.229 e. The van der Waals surface area contributed by atoms with Gasteiger partial charge in [-0.05, 0) is 31.0 Å². The normalized spacial score (nSPS) is 12.6. The predicted octanol–water partition coefficient (Wildman–Crippen LogP) is 1.90. The number of rotatable bonds is 6. The molecule has 1 atom stereocenters. The molecule has 0 aliphatic carbocycles. The molecule has 18 heavy (non-hydrogen) atoms. The second-order valence-electron chi connectivity index (χ2n) is 4.42. The summed E-state index contributed by atoms with van der Waals surface area (Å²) in [5.74, 6) is 1.67. The van der Waals surface area contributed by atoms with Crippen molar-refractivity contribution < 1.29 is 4.52 Å². The van der Waals surface area contributed by atoms with Gasteiger partial charge in [0.15, 0.2) is 5.82 Å². The first-order chi connectivity index (χ1) is 8.79. The minimum Gasteiger partial charge on any atom is -0.339 e. The van der Waals surface area contributed by atoms with Gasteiger partial charge in [-0.1, -0.05) is 18.1 Å². The molecule has 2 heterocycles. The van der Waals surface area contributed by atoms with Crippen molar-refractivity contribution >= 4 is 0 Å².